The highest BCUT2D eigenvalue weighted by atomic mass is 32.2. The van der Waals surface area contributed by atoms with Crippen LogP contribution in [-0.2, 0) is 16.6 Å². The van der Waals surface area contributed by atoms with Gasteiger partial charge in [0.15, 0.2) is 5.76 Å². The predicted octanol–water partition coefficient (Wildman–Crippen LogP) is 4.82. The largest absolute Gasteiger partial charge is 0.486 e. The van der Waals surface area contributed by atoms with Crippen molar-refractivity contribution in [1.29, 1.82) is 5.26 Å². The molecule has 0 bridgehead atoms. The van der Waals surface area contributed by atoms with Gasteiger partial charge >= 0.3 is 0 Å². The van der Waals surface area contributed by atoms with E-state index in [0.29, 0.717) is 41.0 Å². The van der Waals surface area contributed by atoms with Gasteiger partial charge in [0, 0.05) is 26.2 Å². The number of ether oxygens (including phenoxy) is 1. The number of hydrogen-bond donors (Lipinski definition) is 0. The summed E-state index contributed by atoms with van der Waals surface area (Å²) >= 11 is 0. The molecule has 1 aliphatic rings. The molecule has 1 aliphatic heterocycles. The third kappa shape index (κ3) is 5.16. The summed E-state index contributed by atoms with van der Waals surface area (Å²) in [6, 6.07) is 18.7. The van der Waals surface area contributed by atoms with Crippen LogP contribution >= 0.6 is 0 Å². The molecule has 10 heteroatoms. The SMILES string of the molecule is Cc1ccc(OCc2ccc(-c3nc(C#N)c(N4CCN(S(=O)(=O)c5cc(C)ccc5C)CC4)o3)o2)cc1. The molecule has 0 saturated carbocycles. The second-order valence-corrected chi connectivity index (χ2v) is 11.2. The molecule has 0 unspecified atom stereocenters. The molecule has 0 amide bonds. The zero-order valence-electron chi connectivity index (χ0n) is 21.5. The summed E-state index contributed by atoms with van der Waals surface area (Å²) in [5.74, 6) is 2.19. The van der Waals surface area contributed by atoms with Gasteiger partial charge < -0.3 is 18.5 Å². The van der Waals surface area contributed by atoms with Crippen LogP contribution in [0.25, 0.3) is 11.7 Å². The third-order valence-electron chi connectivity index (χ3n) is 6.48. The van der Waals surface area contributed by atoms with E-state index in [4.69, 9.17) is 13.6 Å². The molecule has 0 radical (unpaired) electrons. The Bertz CT molecular complexity index is 1590. The minimum absolute atomic E-state index is 0.125. The molecule has 0 N–H and O–H groups in total. The Morgan fingerprint density at radius 1 is 0.947 bits per heavy atom. The van der Waals surface area contributed by atoms with Crippen molar-refractivity contribution in [3.63, 3.8) is 0 Å². The molecule has 196 valence electrons. The van der Waals surface area contributed by atoms with Gasteiger partial charge in [-0.05, 0) is 62.2 Å². The number of aryl methyl sites for hydroxylation is 3. The van der Waals surface area contributed by atoms with Crippen LogP contribution in [0.1, 0.15) is 28.1 Å². The Balaban J connectivity index is 1.27. The Kier molecular flexibility index (Phi) is 6.97. The zero-order chi connectivity index (χ0) is 26.9. The number of hydrogen-bond acceptors (Lipinski definition) is 8. The van der Waals surface area contributed by atoms with Gasteiger partial charge in [-0.25, -0.2) is 8.42 Å². The number of benzene rings is 2. The van der Waals surface area contributed by atoms with Crippen molar-refractivity contribution in [3.05, 3.63) is 82.7 Å². The molecule has 4 aromatic rings. The Labute approximate surface area is 221 Å². The second kappa shape index (κ2) is 10.4. The number of nitrogens with zero attached hydrogens (tertiary/aromatic N) is 4. The fraction of sp³-hybridized carbons (Fsp3) is 0.286. The molecule has 0 atom stereocenters. The topological polar surface area (TPSA) is 113 Å². The quantitative estimate of drug-likeness (QED) is 0.333. The number of aromatic nitrogens is 1. The molecule has 1 fully saturated rings. The van der Waals surface area contributed by atoms with Gasteiger partial charge in [0.05, 0.1) is 4.90 Å². The monoisotopic (exact) mass is 532 g/mol. The van der Waals surface area contributed by atoms with Crippen LogP contribution in [0.3, 0.4) is 0 Å². The lowest BCUT2D eigenvalue weighted by molar-refractivity contribution is 0.271. The first-order valence-electron chi connectivity index (χ1n) is 12.3. The van der Waals surface area contributed by atoms with Crippen molar-refractivity contribution in [2.45, 2.75) is 32.3 Å². The first-order valence-corrected chi connectivity index (χ1v) is 13.7. The van der Waals surface area contributed by atoms with E-state index >= 15 is 0 Å². The summed E-state index contributed by atoms with van der Waals surface area (Å²) in [4.78, 5) is 6.48. The van der Waals surface area contributed by atoms with Gasteiger partial charge in [-0.3, -0.25) is 0 Å². The van der Waals surface area contributed by atoms with E-state index in [0.717, 1.165) is 16.9 Å². The standard InChI is InChI=1S/C28H28N4O5S/c1-19-5-8-22(9-6-19)35-18-23-10-11-25(36-23)27-30-24(17-29)28(37-27)31-12-14-32(15-13-31)38(33,34)26-16-20(2)4-7-21(26)3/h4-11,16H,12-15,18H2,1-3H3. The van der Waals surface area contributed by atoms with Gasteiger partial charge in [-0.1, -0.05) is 29.8 Å². The minimum Gasteiger partial charge on any atom is -0.486 e. The van der Waals surface area contributed by atoms with E-state index in [2.05, 4.69) is 11.1 Å². The molecule has 0 spiro atoms. The van der Waals surface area contributed by atoms with Gasteiger partial charge in [0.1, 0.15) is 24.2 Å². The van der Waals surface area contributed by atoms with Crippen molar-refractivity contribution in [2.75, 3.05) is 31.1 Å². The minimum atomic E-state index is -3.63. The molecule has 0 aliphatic carbocycles. The fourth-order valence-electron chi connectivity index (χ4n) is 4.32. The summed E-state index contributed by atoms with van der Waals surface area (Å²) in [5.41, 5.74) is 2.88. The van der Waals surface area contributed by atoms with Crippen LogP contribution in [0.4, 0.5) is 5.88 Å². The average Bonchev–Trinajstić information content (AvgIpc) is 3.57. The molecule has 2 aromatic heterocycles. The summed E-state index contributed by atoms with van der Waals surface area (Å²) in [5, 5.41) is 9.67. The zero-order valence-corrected chi connectivity index (χ0v) is 22.3. The normalized spacial score (nSPS) is 14.4. The van der Waals surface area contributed by atoms with Gasteiger partial charge in [0.25, 0.3) is 5.89 Å². The Hall–Kier alpha value is -4.07. The van der Waals surface area contributed by atoms with Crippen LogP contribution in [-0.4, -0.2) is 43.9 Å². The van der Waals surface area contributed by atoms with Crippen molar-refractivity contribution in [2.24, 2.45) is 0 Å². The average molecular weight is 533 g/mol. The molecule has 38 heavy (non-hydrogen) atoms. The number of sulfonamides is 1. The lowest BCUT2D eigenvalue weighted by Gasteiger charge is -2.34. The van der Waals surface area contributed by atoms with Crippen LogP contribution < -0.4 is 9.64 Å². The maximum atomic E-state index is 13.3. The lowest BCUT2D eigenvalue weighted by Crippen LogP contribution is -2.48. The lowest BCUT2D eigenvalue weighted by atomic mass is 10.2. The van der Waals surface area contributed by atoms with E-state index in [-0.39, 0.29) is 31.3 Å². The maximum absolute atomic E-state index is 13.3. The van der Waals surface area contributed by atoms with Crippen LogP contribution in [0.15, 0.2) is 68.3 Å². The molecule has 1 saturated heterocycles. The molecule has 9 nitrogen and oxygen atoms in total. The number of rotatable bonds is 7. The Morgan fingerprint density at radius 2 is 1.66 bits per heavy atom. The van der Waals surface area contributed by atoms with Gasteiger partial charge in [-0.15, -0.1) is 0 Å². The highest BCUT2D eigenvalue weighted by molar-refractivity contribution is 7.89. The maximum Gasteiger partial charge on any atom is 0.266 e. The number of anilines is 1. The van der Waals surface area contributed by atoms with E-state index in [1.165, 1.54) is 4.31 Å². The molecular formula is C28H28N4O5S. The number of piperazine rings is 1. The van der Waals surface area contributed by atoms with Crippen molar-refractivity contribution < 1.29 is 22.0 Å². The van der Waals surface area contributed by atoms with E-state index in [9.17, 15) is 13.7 Å². The van der Waals surface area contributed by atoms with Crippen LogP contribution in [0.2, 0.25) is 0 Å². The third-order valence-corrected chi connectivity index (χ3v) is 8.52. The van der Waals surface area contributed by atoms with E-state index in [1.54, 1.807) is 25.1 Å². The molecular weight excluding hydrogens is 504 g/mol. The summed E-state index contributed by atoms with van der Waals surface area (Å²) in [6.07, 6.45) is 0. The van der Waals surface area contributed by atoms with Crippen LogP contribution in [0, 0.1) is 32.1 Å². The van der Waals surface area contributed by atoms with Crippen LogP contribution in [0.5, 0.6) is 5.75 Å². The summed E-state index contributed by atoms with van der Waals surface area (Å²) in [6.45, 7) is 7.17. The highest BCUT2D eigenvalue weighted by Crippen LogP contribution is 2.31. The number of furan rings is 1. The van der Waals surface area contributed by atoms with Gasteiger partial charge in [-0.2, -0.15) is 14.6 Å². The second-order valence-electron chi connectivity index (χ2n) is 9.31. The van der Waals surface area contributed by atoms with Gasteiger partial charge in [0.2, 0.25) is 21.6 Å². The first-order chi connectivity index (χ1) is 18.2. The summed E-state index contributed by atoms with van der Waals surface area (Å²) in [7, 11) is -3.63. The van der Waals surface area contributed by atoms with E-state index in [1.807, 2.05) is 55.1 Å². The van der Waals surface area contributed by atoms with Crippen molar-refractivity contribution >= 4 is 15.9 Å². The Morgan fingerprint density at radius 3 is 2.37 bits per heavy atom. The fourth-order valence-corrected chi connectivity index (χ4v) is 6.05. The predicted molar refractivity (Wildman–Crippen MR) is 141 cm³/mol. The number of oxazole rings is 1. The highest BCUT2D eigenvalue weighted by Gasteiger charge is 2.32. The van der Waals surface area contributed by atoms with Crippen molar-refractivity contribution in [1.82, 2.24) is 9.29 Å². The van der Waals surface area contributed by atoms with E-state index < -0.39 is 10.0 Å². The molecule has 5 rings (SSSR count). The first kappa shape index (κ1) is 25.6. The number of nitriles is 1. The molecule has 3 heterocycles. The van der Waals surface area contributed by atoms with Crippen molar-refractivity contribution in [3.8, 4) is 23.5 Å². The molecule has 2 aromatic carbocycles. The summed E-state index contributed by atoms with van der Waals surface area (Å²) < 4.78 is 45.6. The smallest absolute Gasteiger partial charge is 0.266 e.